The summed E-state index contributed by atoms with van der Waals surface area (Å²) in [6, 6.07) is 5.58. The van der Waals surface area contributed by atoms with Gasteiger partial charge in [0, 0.05) is 30.4 Å². The molecular formula is C14H15N3O3. The lowest BCUT2D eigenvalue weighted by Gasteiger charge is -2.14. The van der Waals surface area contributed by atoms with Gasteiger partial charge in [-0.2, -0.15) is 0 Å². The smallest absolute Gasteiger partial charge is 0.238 e. The van der Waals surface area contributed by atoms with Crippen molar-refractivity contribution in [1.29, 1.82) is 0 Å². The number of H-pyrrole nitrogens is 1. The molecule has 0 aliphatic heterocycles. The van der Waals surface area contributed by atoms with Crippen LogP contribution in [0.5, 0.6) is 5.75 Å². The van der Waals surface area contributed by atoms with E-state index in [2.05, 4.69) is 4.98 Å². The molecule has 0 fully saturated rings. The minimum atomic E-state index is -0.416. The Bertz CT molecular complexity index is 699. The molecule has 0 saturated heterocycles. The van der Waals surface area contributed by atoms with Gasteiger partial charge in [0.05, 0.1) is 7.11 Å². The maximum Gasteiger partial charge on any atom is 0.238 e. The number of methoxy groups -OCH3 is 1. The molecule has 104 valence electrons. The number of rotatable bonds is 4. The Kier molecular flexibility index (Phi) is 3.89. The number of hydrazine groups is 1. The van der Waals surface area contributed by atoms with E-state index in [9.17, 15) is 9.59 Å². The fourth-order valence-electron chi connectivity index (χ4n) is 1.97. The maximum absolute atomic E-state index is 11.2. The maximum atomic E-state index is 11.2. The van der Waals surface area contributed by atoms with Crippen LogP contribution in [-0.4, -0.2) is 29.0 Å². The van der Waals surface area contributed by atoms with Crippen molar-refractivity contribution in [3.63, 3.8) is 0 Å². The largest absolute Gasteiger partial charge is 0.497 e. The van der Waals surface area contributed by atoms with Crippen molar-refractivity contribution < 1.29 is 14.3 Å². The molecule has 0 aliphatic carbocycles. The quantitative estimate of drug-likeness (QED) is 0.378. The van der Waals surface area contributed by atoms with Crippen LogP contribution < -0.4 is 10.6 Å². The predicted molar refractivity (Wildman–Crippen MR) is 74.5 cm³/mol. The van der Waals surface area contributed by atoms with E-state index in [1.54, 1.807) is 19.2 Å². The number of nitrogens with zero attached hydrogens (tertiary/aromatic N) is 1. The van der Waals surface area contributed by atoms with Crippen LogP contribution in [0.4, 0.5) is 0 Å². The molecule has 1 heterocycles. The Hall–Kier alpha value is -2.56. The number of hydrogen-bond donors (Lipinski definition) is 2. The van der Waals surface area contributed by atoms with E-state index in [4.69, 9.17) is 10.6 Å². The van der Waals surface area contributed by atoms with Crippen molar-refractivity contribution in [1.82, 2.24) is 9.99 Å². The fourth-order valence-corrected chi connectivity index (χ4v) is 1.97. The highest BCUT2D eigenvalue weighted by Gasteiger charge is 2.14. The molecule has 3 N–H and O–H groups in total. The molecule has 6 heteroatoms. The van der Waals surface area contributed by atoms with Gasteiger partial charge in [0.2, 0.25) is 5.91 Å². The molecule has 0 atom stereocenters. The third-order valence-electron chi connectivity index (χ3n) is 3.08. The summed E-state index contributed by atoms with van der Waals surface area (Å²) in [5.74, 6) is 7.55. The molecule has 6 nitrogen and oxygen atoms in total. The van der Waals surface area contributed by atoms with E-state index >= 15 is 0 Å². The lowest BCUT2D eigenvalue weighted by atomic mass is 10.1. The van der Waals surface area contributed by atoms with Crippen LogP contribution in [0.2, 0.25) is 0 Å². The fraction of sp³-hybridized carbons (Fsp3) is 0.214. The lowest BCUT2D eigenvalue weighted by Crippen LogP contribution is -2.35. The molecule has 0 radical (unpaired) electrons. The van der Waals surface area contributed by atoms with E-state index in [1.807, 2.05) is 18.2 Å². The number of carbonyl (C=O) groups is 1. The summed E-state index contributed by atoms with van der Waals surface area (Å²) in [7, 11) is 1.58. The zero-order valence-corrected chi connectivity index (χ0v) is 11.3. The standard InChI is InChI=1S/C14H15N3O3/c1-9(19)17(15)11(8-18)5-10-7-16-14-4-3-12(20-2)6-13(10)14/h3-4,6-7,16H,5,15H2,1-2H3. The number of fused-ring (bicyclic) bond motifs is 1. The molecule has 2 aromatic rings. The lowest BCUT2D eigenvalue weighted by molar-refractivity contribution is -0.127. The zero-order chi connectivity index (χ0) is 14.7. The van der Waals surface area contributed by atoms with Crippen molar-refractivity contribution in [2.75, 3.05) is 7.11 Å². The Labute approximate surface area is 115 Å². The molecule has 0 spiro atoms. The van der Waals surface area contributed by atoms with Crippen LogP contribution in [0, 0.1) is 0 Å². The number of hydrogen-bond acceptors (Lipinski definition) is 4. The Morgan fingerprint density at radius 1 is 1.50 bits per heavy atom. The number of amides is 1. The summed E-state index contributed by atoms with van der Waals surface area (Å²) in [6.45, 7) is 1.29. The molecule has 1 aromatic heterocycles. The number of aromatic amines is 1. The predicted octanol–water partition coefficient (Wildman–Crippen LogP) is 1.16. The second kappa shape index (κ2) is 5.61. The number of aromatic nitrogens is 1. The summed E-state index contributed by atoms with van der Waals surface area (Å²) in [4.78, 5) is 25.3. The summed E-state index contributed by atoms with van der Waals surface area (Å²) in [5, 5.41) is 1.72. The van der Waals surface area contributed by atoms with Gasteiger partial charge in [-0.3, -0.25) is 4.79 Å². The third kappa shape index (κ3) is 2.56. The first kappa shape index (κ1) is 13.9. The zero-order valence-electron chi connectivity index (χ0n) is 11.3. The number of nitrogens with one attached hydrogen (secondary N) is 1. The minimum Gasteiger partial charge on any atom is -0.497 e. The molecule has 2 rings (SSSR count). The van der Waals surface area contributed by atoms with Crippen LogP contribution in [0.1, 0.15) is 12.5 Å². The second-order valence-corrected chi connectivity index (χ2v) is 4.34. The summed E-state index contributed by atoms with van der Waals surface area (Å²) < 4.78 is 5.18. The first-order valence-electron chi connectivity index (χ1n) is 6.00. The number of benzene rings is 1. The van der Waals surface area contributed by atoms with Crippen LogP contribution in [0.25, 0.3) is 10.9 Å². The minimum absolute atomic E-state index is 0.0845. The van der Waals surface area contributed by atoms with E-state index in [0.29, 0.717) is 5.75 Å². The van der Waals surface area contributed by atoms with Gasteiger partial charge in [-0.25, -0.2) is 15.6 Å². The molecule has 0 bridgehead atoms. The van der Waals surface area contributed by atoms with E-state index in [-0.39, 0.29) is 12.1 Å². The number of carbonyl (C=O) groups excluding carboxylic acids is 2. The van der Waals surface area contributed by atoms with Gasteiger partial charge in [-0.15, -0.1) is 0 Å². The van der Waals surface area contributed by atoms with Crippen LogP contribution in [-0.2, 0) is 16.0 Å². The highest BCUT2D eigenvalue weighted by molar-refractivity contribution is 5.85. The Balaban J connectivity index is 2.38. The normalized spacial score (nSPS) is 10.2. The van der Waals surface area contributed by atoms with Gasteiger partial charge in [-0.1, -0.05) is 0 Å². The number of ether oxygens (including phenoxy) is 1. The van der Waals surface area contributed by atoms with E-state index in [1.165, 1.54) is 6.92 Å². The SMILES string of the molecule is COc1ccc2[nH]cc(CC(=C=O)N(N)C(C)=O)c2c1. The molecule has 0 aliphatic rings. The number of nitrogens with two attached hydrogens (primary N) is 1. The Morgan fingerprint density at radius 2 is 2.25 bits per heavy atom. The van der Waals surface area contributed by atoms with Crippen molar-refractivity contribution in [2.24, 2.45) is 5.84 Å². The molecular weight excluding hydrogens is 258 g/mol. The van der Waals surface area contributed by atoms with Crippen molar-refractivity contribution in [3.05, 3.63) is 35.7 Å². The first-order chi connectivity index (χ1) is 9.56. The molecule has 1 aromatic carbocycles. The summed E-state index contributed by atoms with van der Waals surface area (Å²) in [6.07, 6.45) is 1.99. The highest BCUT2D eigenvalue weighted by Crippen LogP contribution is 2.25. The van der Waals surface area contributed by atoms with Gasteiger partial charge >= 0.3 is 0 Å². The molecule has 0 unspecified atom stereocenters. The first-order valence-corrected chi connectivity index (χ1v) is 6.00. The third-order valence-corrected chi connectivity index (χ3v) is 3.08. The summed E-state index contributed by atoms with van der Waals surface area (Å²) in [5.41, 5.74) is 1.84. The van der Waals surface area contributed by atoms with Gasteiger partial charge in [0.15, 0.2) is 0 Å². The van der Waals surface area contributed by atoms with Gasteiger partial charge < -0.3 is 9.72 Å². The monoisotopic (exact) mass is 273 g/mol. The topological polar surface area (TPSA) is 88.4 Å². The average molecular weight is 273 g/mol. The van der Waals surface area contributed by atoms with Gasteiger partial charge in [0.1, 0.15) is 17.4 Å². The molecule has 20 heavy (non-hydrogen) atoms. The highest BCUT2D eigenvalue weighted by atomic mass is 16.5. The number of allylic oxidation sites excluding steroid dienone is 1. The van der Waals surface area contributed by atoms with Crippen molar-refractivity contribution in [3.8, 4) is 5.75 Å². The van der Waals surface area contributed by atoms with Crippen molar-refractivity contribution in [2.45, 2.75) is 13.3 Å². The van der Waals surface area contributed by atoms with Crippen molar-refractivity contribution >= 4 is 22.8 Å². The van der Waals surface area contributed by atoms with Gasteiger partial charge in [0.25, 0.3) is 0 Å². The van der Waals surface area contributed by atoms with Crippen LogP contribution in [0.15, 0.2) is 30.1 Å². The second-order valence-electron chi connectivity index (χ2n) is 4.34. The van der Waals surface area contributed by atoms with E-state index < -0.39 is 5.91 Å². The molecule has 0 saturated carbocycles. The summed E-state index contributed by atoms with van der Waals surface area (Å²) >= 11 is 0. The van der Waals surface area contributed by atoms with Crippen LogP contribution in [0.3, 0.4) is 0 Å². The average Bonchev–Trinajstić information content (AvgIpc) is 2.85. The van der Waals surface area contributed by atoms with Crippen LogP contribution >= 0.6 is 0 Å². The Morgan fingerprint density at radius 3 is 2.85 bits per heavy atom. The van der Waals surface area contributed by atoms with E-state index in [0.717, 1.165) is 21.5 Å². The molecule has 1 amide bonds. The van der Waals surface area contributed by atoms with Gasteiger partial charge in [-0.05, 0) is 23.8 Å².